The molecule has 0 fully saturated rings. The van der Waals surface area contributed by atoms with E-state index < -0.39 is 0 Å². The second kappa shape index (κ2) is 7.47. The molecule has 2 rings (SSSR count). The Labute approximate surface area is 142 Å². The fraction of sp³-hybridized carbons (Fsp3) is 0.333. The summed E-state index contributed by atoms with van der Waals surface area (Å²) in [4.78, 5) is 16.3. The lowest BCUT2D eigenvalue weighted by Crippen LogP contribution is -2.28. The quantitative estimate of drug-likeness (QED) is 0.873. The maximum atomic E-state index is 12.2. The summed E-state index contributed by atoms with van der Waals surface area (Å²) >= 11 is 5.95. The van der Waals surface area contributed by atoms with Crippen LogP contribution in [-0.2, 0) is 6.42 Å². The van der Waals surface area contributed by atoms with Crippen LogP contribution in [0.3, 0.4) is 0 Å². The molecular weight excluding hydrogens is 310 g/mol. The molecule has 0 radical (unpaired) electrons. The van der Waals surface area contributed by atoms with Crippen molar-refractivity contribution in [2.24, 2.45) is 0 Å². The Kier molecular flexibility index (Phi) is 5.61. The van der Waals surface area contributed by atoms with Gasteiger partial charge in [-0.05, 0) is 51.0 Å². The van der Waals surface area contributed by atoms with Gasteiger partial charge in [0.15, 0.2) is 0 Å². The molecule has 1 heterocycles. The number of hydrogen-bond acceptors (Lipinski definition) is 3. The molecular formula is C18H22ClN3O. The Morgan fingerprint density at radius 2 is 2.00 bits per heavy atom. The molecule has 0 aliphatic rings. The van der Waals surface area contributed by atoms with Crippen molar-refractivity contribution in [3.05, 3.63) is 58.9 Å². The van der Waals surface area contributed by atoms with Crippen LogP contribution in [0, 0.1) is 0 Å². The third-order valence-corrected chi connectivity index (χ3v) is 3.34. The van der Waals surface area contributed by atoms with E-state index in [2.05, 4.69) is 36.4 Å². The molecule has 0 aliphatic carbocycles. The first-order valence-electron chi connectivity index (χ1n) is 7.59. The van der Waals surface area contributed by atoms with Gasteiger partial charge in [0, 0.05) is 29.5 Å². The van der Waals surface area contributed by atoms with E-state index in [1.807, 2.05) is 30.3 Å². The summed E-state index contributed by atoms with van der Waals surface area (Å²) in [5.41, 5.74) is 2.40. The van der Waals surface area contributed by atoms with E-state index in [0.717, 1.165) is 17.7 Å². The van der Waals surface area contributed by atoms with Gasteiger partial charge in [0.05, 0.1) is 11.3 Å². The number of amides is 1. The van der Waals surface area contributed by atoms with Crippen molar-refractivity contribution in [1.82, 2.24) is 10.3 Å². The summed E-state index contributed by atoms with van der Waals surface area (Å²) in [6.07, 6.45) is 4.02. The zero-order valence-electron chi connectivity index (χ0n) is 13.7. The molecule has 0 aliphatic heterocycles. The van der Waals surface area contributed by atoms with Crippen LogP contribution in [0.25, 0.3) is 0 Å². The van der Waals surface area contributed by atoms with Gasteiger partial charge in [0.1, 0.15) is 0 Å². The van der Waals surface area contributed by atoms with E-state index in [-0.39, 0.29) is 11.4 Å². The Balaban J connectivity index is 1.92. The number of benzene rings is 1. The monoisotopic (exact) mass is 331 g/mol. The smallest absolute Gasteiger partial charge is 0.252 e. The molecule has 5 heteroatoms. The molecule has 1 amide bonds. The van der Waals surface area contributed by atoms with Crippen molar-refractivity contribution >= 4 is 23.2 Å². The lowest BCUT2D eigenvalue weighted by molar-refractivity contribution is 0.0954. The Morgan fingerprint density at radius 3 is 2.70 bits per heavy atom. The summed E-state index contributed by atoms with van der Waals surface area (Å²) in [6.45, 7) is 6.73. The van der Waals surface area contributed by atoms with Gasteiger partial charge >= 0.3 is 0 Å². The first kappa shape index (κ1) is 17.3. The molecule has 122 valence electrons. The number of nitrogens with one attached hydrogen (secondary N) is 2. The lowest BCUT2D eigenvalue weighted by Gasteiger charge is -2.22. The van der Waals surface area contributed by atoms with Crippen molar-refractivity contribution in [2.45, 2.75) is 32.7 Å². The maximum Gasteiger partial charge on any atom is 0.252 e. The molecule has 0 bridgehead atoms. The second-order valence-corrected chi connectivity index (χ2v) is 6.91. The van der Waals surface area contributed by atoms with Crippen molar-refractivity contribution in [2.75, 3.05) is 11.9 Å². The van der Waals surface area contributed by atoms with Crippen molar-refractivity contribution in [3.8, 4) is 0 Å². The lowest BCUT2D eigenvalue weighted by atomic mass is 10.1. The van der Waals surface area contributed by atoms with Crippen LogP contribution in [0.5, 0.6) is 0 Å². The Hall–Kier alpha value is -2.07. The molecule has 4 nitrogen and oxygen atoms in total. The van der Waals surface area contributed by atoms with Crippen molar-refractivity contribution in [1.29, 1.82) is 0 Å². The number of halogens is 1. The molecule has 0 saturated carbocycles. The standard InChI is InChI=1S/C18H22ClN3O/c1-18(2,3)22-16-10-14(11-20-12-16)17(23)21-8-7-13-5-4-6-15(19)9-13/h4-6,9-12,22H,7-8H2,1-3H3,(H,21,23). The van der Waals surface area contributed by atoms with Crippen LogP contribution in [0.15, 0.2) is 42.7 Å². The van der Waals surface area contributed by atoms with Crippen molar-refractivity contribution in [3.63, 3.8) is 0 Å². The zero-order chi connectivity index (χ0) is 16.9. The summed E-state index contributed by atoms with van der Waals surface area (Å²) in [5.74, 6) is -0.128. The first-order chi connectivity index (χ1) is 10.8. The van der Waals surface area contributed by atoms with E-state index in [0.29, 0.717) is 17.1 Å². The van der Waals surface area contributed by atoms with E-state index in [9.17, 15) is 4.79 Å². The van der Waals surface area contributed by atoms with Crippen LogP contribution in [0.1, 0.15) is 36.7 Å². The van der Waals surface area contributed by atoms with Crippen LogP contribution < -0.4 is 10.6 Å². The van der Waals surface area contributed by atoms with Gasteiger partial charge in [-0.15, -0.1) is 0 Å². The number of rotatable bonds is 5. The molecule has 1 aromatic heterocycles. The van der Waals surface area contributed by atoms with Gasteiger partial charge in [-0.1, -0.05) is 23.7 Å². The highest BCUT2D eigenvalue weighted by atomic mass is 35.5. The molecule has 2 N–H and O–H groups in total. The number of aromatic nitrogens is 1. The minimum atomic E-state index is -0.128. The van der Waals surface area contributed by atoms with E-state index in [1.54, 1.807) is 12.4 Å². The fourth-order valence-electron chi connectivity index (χ4n) is 2.18. The number of carbonyl (C=O) groups is 1. The van der Waals surface area contributed by atoms with Gasteiger partial charge in [0.2, 0.25) is 0 Å². The molecule has 2 aromatic rings. The number of nitrogens with zero attached hydrogens (tertiary/aromatic N) is 1. The molecule has 1 aromatic carbocycles. The topological polar surface area (TPSA) is 54.0 Å². The summed E-state index contributed by atoms with van der Waals surface area (Å²) in [5, 5.41) is 6.92. The van der Waals surface area contributed by atoms with Gasteiger partial charge < -0.3 is 10.6 Å². The third kappa shape index (κ3) is 5.91. The van der Waals surface area contributed by atoms with Crippen LogP contribution in [-0.4, -0.2) is 23.0 Å². The highest BCUT2D eigenvalue weighted by molar-refractivity contribution is 6.30. The SMILES string of the molecule is CC(C)(C)Nc1cncc(C(=O)NCCc2cccc(Cl)c2)c1. The number of pyridine rings is 1. The average Bonchev–Trinajstić information content (AvgIpc) is 2.45. The van der Waals surface area contributed by atoms with E-state index >= 15 is 0 Å². The van der Waals surface area contributed by atoms with Crippen LogP contribution >= 0.6 is 11.6 Å². The fourth-order valence-corrected chi connectivity index (χ4v) is 2.39. The first-order valence-corrected chi connectivity index (χ1v) is 7.97. The molecule has 0 atom stereocenters. The summed E-state index contributed by atoms with van der Waals surface area (Å²) in [6, 6.07) is 9.46. The van der Waals surface area contributed by atoms with E-state index in [4.69, 9.17) is 11.6 Å². The predicted molar refractivity (Wildman–Crippen MR) is 95.1 cm³/mol. The van der Waals surface area contributed by atoms with Crippen LogP contribution in [0.2, 0.25) is 5.02 Å². The molecule has 0 unspecified atom stereocenters. The second-order valence-electron chi connectivity index (χ2n) is 6.47. The zero-order valence-corrected chi connectivity index (χ0v) is 14.4. The molecule has 0 saturated heterocycles. The summed E-state index contributed by atoms with van der Waals surface area (Å²) < 4.78 is 0. The minimum absolute atomic E-state index is 0.0800. The predicted octanol–water partition coefficient (Wildman–Crippen LogP) is 3.92. The number of carbonyl (C=O) groups excluding carboxylic acids is 1. The van der Waals surface area contributed by atoms with Crippen molar-refractivity contribution < 1.29 is 4.79 Å². The van der Waals surface area contributed by atoms with Crippen LogP contribution in [0.4, 0.5) is 5.69 Å². The van der Waals surface area contributed by atoms with Gasteiger partial charge in [0.25, 0.3) is 5.91 Å². The maximum absolute atomic E-state index is 12.2. The summed E-state index contributed by atoms with van der Waals surface area (Å²) in [7, 11) is 0. The third-order valence-electron chi connectivity index (χ3n) is 3.11. The highest BCUT2D eigenvalue weighted by Crippen LogP contribution is 2.15. The van der Waals surface area contributed by atoms with E-state index in [1.165, 1.54) is 0 Å². The van der Waals surface area contributed by atoms with Gasteiger partial charge in [-0.2, -0.15) is 0 Å². The molecule has 0 spiro atoms. The minimum Gasteiger partial charge on any atom is -0.379 e. The largest absolute Gasteiger partial charge is 0.379 e. The highest BCUT2D eigenvalue weighted by Gasteiger charge is 2.12. The molecule has 23 heavy (non-hydrogen) atoms. The normalized spacial score (nSPS) is 11.1. The number of hydrogen-bond donors (Lipinski definition) is 2. The number of anilines is 1. The Bertz CT molecular complexity index is 680. The Morgan fingerprint density at radius 1 is 1.22 bits per heavy atom. The van der Waals surface area contributed by atoms with Gasteiger partial charge in [-0.25, -0.2) is 0 Å². The average molecular weight is 332 g/mol. The van der Waals surface area contributed by atoms with Gasteiger partial charge in [-0.3, -0.25) is 9.78 Å².